The maximum Gasteiger partial charge on any atom is 0.162 e. The average molecular weight is 284 g/mol. The second-order valence-electron chi connectivity index (χ2n) is 3.85. The van der Waals surface area contributed by atoms with Crippen molar-refractivity contribution in [1.29, 1.82) is 0 Å². The van der Waals surface area contributed by atoms with Gasteiger partial charge in [-0.2, -0.15) is 11.3 Å². The molecule has 1 aromatic heterocycles. The van der Waals surface area contributed by atoms with Crippen LogP contribution in [0.2, 0.25) is 5.02 Å². The molecular weight excluding hydrogens is 270 g/mol. The van der Waals surface area contributed by atoms with E-state index in [4.69, 9.17) is 16.3 Å². The smallest absolute Gasteiger partial charge is 0.162 e. The molecule has 0 aliphatic rings. The molecule has 0 fully saturated rings. The molecule has 2 aromatic rings. The number of aromatic hydroxyl groups is 1. The van der Waals surface area contributed by atoms with Crippen molar-refractivity contribution < 1.29 is 9.84 Å². The first-order valence-electron chi connectivity index (χ1n) is 5.48. The summed E-state index contributed by atoms with van der Waals surface area (Å²) in [5, 5.41) is 17.9. The van der Waals surface area contributed by atoms with Crippen molar-refractivity contribution >= 4 is 22.9 Å². The highest BCUT2D eigenvalue weighted by Gasteiger charge is 2.09. The van der Waals surface area contributed by atoms with E-state index in [1.165, 1.54) is 12.7 Å². The number of benzene rings is 1. The Morgan fingerprint density at radius 1 is 1.39 bits per heavy atom. The van der Waals surface area contributed by atoms with Gasteiger partial charge in [0.1, 0.15) is 0 Å². The van der Waals surface area contributed by atoms with Crippen LogP contribution in [-0.2, 0) is 13.1 Å². The van der Waals surface area contributed by atoms with Gasteiger partial charge in [-0.05, 0) is 28.5 Å². The highest BCUT2D eigenvalue weighted by atomic mass is 35.5. The number of thiophene rings is 1. The summed E-state index contributed by atoms with van der Waals surface area (Å²) < 4.78 is 5.06. The van der Waals surface area contributed by atoms with Gasteiger partial charge in [0.15, 0.2) is 11.5 Å². The van der Waals surface area contributed by atoms with Gasteiger partial charge >= 0.3 is 0 Å². The maximum atomic E-state index is 9.95. The lowest BCUT2D eigenvalue weighted by atomic mass is 10.2. The summed E-state index contributed by atoms with van der Waals surface area (Å²) in [7, 11) is 1.51. The molecule has 0 radical (unpaired) electrons. The minimum absolute atomic E-state index is 0.139. The number of nitrogens with one attached hydrogen (secondary N) is 1. The number of phenols is 1. The molecule has 0 amide bonds. The van der Waals surface area contributed by atoms with Gasteiger partial charge in [0.05, 0.1) is 7.11 Å². The van der Waals surface area contributed by atoms with Gasteiger partial charge in [-0.25, -0.2) is 0 Å². The summed E-state index contributed by atoms with van der Waals surface area (Å²) in [5.41, 5.74) is 1.96. The van der Waals surface area contributed by atoms with Crippen LogP contribution >= 0.6 is 22.9 Å². The van der Waals surface area contributed by atoms with E-state index in [0.717, 1.165) is 12.1 Å². The van der Waals surface area contributed by atoms with Crippen molar-refractivity contribution in [2.24, 2.45) is 0 Å². The van der Waals surface area contributed by atoms with E-state index in [1.807, 2.05) is 5.38 Å². The Balaban J connectivity index is 2.02. The zero-order valence-corrected chi connectivity index (χ0v) is 11.5. The van der Waals surface area contributed by atoms with Crippen LogP contribution in [0.3, 0.4) is 0 Å². The Morgan fingerprint density at radius 3 is 2.89 bits per heavy atom. The summed E-state index contributed by atoms with van der Waals surface area (Å²) >= 11 is 7.63. The third kappa shape index (κ3) is 3.16. The van der Waals surface area contributed by atoms with Crippen molar-refractivity contribution in [2.45, 2.75) is 13.1 Å². The highest BCUT2D eigenvalue weighted by molar-refractivity contribution is 7.07. The van der Waals surface area contributed by atoms with Gasteiger partial charge in [0.25, 0.3) is 0 Å². The fraction of sp³-hybridized carbons (Fsp3) is 0.231. The Labute approximate surface area is 115 Å². The van der Waals surface area contributed by atoms with Crippen LogP contribution in [0.4, 0.5) is 0 Å². The third-order valence-electron chi connectivity index (χ3n) is 2.56. The second kappa shape index (κ2) is 6.09. The summed E-state index contributed by atoms with van der Waals surface area (Å²) in [5.74, 6) is 0.537. The molecule has 0 unspecified atom stereocenters. The first-order valence-corrected chi connectivity index (χ1v) is 6.80. The lowest BCUT2D eigenvalue weighted by Crippen LogP contribution is -2.12. The summed E-state index contributed by atoms with van der Waals surface area (Å²) in [6.07, 6.45) is 0. The molecule has 2 N–H and O–H groups in total. The number of halogens is 1. The third-order valence-corrected chi connectivity index (χ3v) is 3.51. The first kappa shape index (κ1) is 13.2. The lowest BCUT2D eigenvalue weighted by molar-refractivity contribution is 0.369. The summed E-state index contributed by atoms with van der Waals surface area (Å²) in [6.45, 7) is 1.30. The zero-order valence-electron chi connectivity index (χ0n) is 9.94. The molecule has 1 aromatic carbocycles. The molecule has 3 nitrogen and oxygen atoms in total. The summed E-state index contributed by atoms with van der Waals surface area (Å²) in [6, 6.07) is 5.40. The van der Waals surface area contributed by atoms with E-state index in [9.17, 15) is 5.11 Å². The van der Waals surface area contributed by atoms with E-state index >= 15 is 0 Å². The molecule has 1 heterocycles. The Kier molecular flexibility index (Phi) is 4.47. The average Bonchev–Trinajstić information content (AvgIpc) is 2.86. The van der Waals surface area contributed by atoms with E-state index in [1.54, 1.807) is 23.5 Å². The van der Waals surface area contributed by atoms with Crippen molar-refractivity contribution in [1.82, 2.24) is 5.32 Å². The minimum atomic E-state index is 0.139. The summed E-state index contributed by atoms with van der Waals surface area (Å²) in [4.78, 5) is 0. The van der Waals surface area contributed by atoms with Crippen LogP contribution in [0.5, 0.6) is 11.5 Å². The van der Waals surface area contributed by atoms with Crippen molar-refractivity contribution in [3.05, 3.63) is 45.1 Å². The van der Waals surface area contributed by atoms with Gasteiger partial charge in [-0.1, -0.05) is 11.6 Å². The number of hydrogen-bond donors (Lipinski definition) is 2. The van der Waals surface area contributed by atoms with Crippen LogP contribution in [0.15, 0.2) is 29.0 Å². The Hall–Kier alpha value is -1.23. The van der Waals surface area contributed by atoms with Gasteiger partial charge < -0.3 is 15.2 Å². The van der Waals surface area contributed by atoms with Gasteiger partial charge in [-0.3, -0.25) is 0 Å². The number of ether oxygens (including phenoxy) is 1. The number of phenolic OH excluding ortho intramolecular Hbond substituents is 1. The normalized spacial score (nSPS) is 10.6. The molecule has 0 atom stereocenters. The molecule has 0 spiro atoms. The van der Waals surface area contributed by atoms with E-state index in [2.05, 4.69) is 16.8 Å². The predicted octanol–water partition coefficient (Wildman–Crippen LogP) is 3.41. The standard InChI is InChI=1S/C13H14ClNO2S/c1-17-12-5-11(14)4-10(13(12)16)7-15-6-9-2-3-18-8-9/h2-5,8,15-16H,6-7H2,1H3. The van der Waals surface area contributed by atoms with Gasteiger partial charge in [0, 0.05) is 29.7 Å². The van der Waals surface area contributed by atoms with Crippen LogP contribution in [0.25, 0.3) is 0 Å². The first-order chi connectivity index (χ1) is 8.70. The van der Waals surface area contributed by atoms with Crippen molar-refractivity contribution in [2.75, 3.05) is 7.11 Å². The number of rotatable bonds is 5. The van der Waals surface area contributed by atoms with E-state index in [0.29, 0.717) is 17.3 Å². The van der Waals surface area contributed by atoms with Gasteiger partial charge in [-0.15, -0.1) is 0 Å². The van der Waals surface area contributed by atoms with E-state index in [-0.39, 0.29) is 5.75 Å². The molecule has 0 aliphatic carbocycles. The highest BCUT2D eigenvalue weighted by Crippen LogP contribution is 2.33. The van der Waals surface area contributed by atoms with Crippen LogP contribution < -0.4 is 10.1 Å². The quantitative estimate of drug-likeness (QED) is 0.884. The molecule has 18 heavy (non-hydrogen) atoms. The fourth-order valence-electron chi connectivity index (χ4n) is 1.65. The molecular formula is C13H14ClNO2S. The molecule has 96 valence electrons. The molecule has 0 saturated heterocycles. The maximum absolute atomic E-state index is 9.95. The zero-order chi connectivity index (χ0) is 13.0. The largest absolute Gasteiger partial charge is 0.504 e. The molecule has 0 aliphatic heterocycles. The fourth-order valence-corrected chi connectivity index (χ4v) is 2.55. The minimum Gasteiger partial charge on any atom is -0.504 e. The topological polar surface area (TPSA) is 41.5 Å². The van der Waals surface area contributed by atoms with E-state index < -0.39 is 0 Å². The number of methoxy groups -OCH3 is 1. The predicted molar refractivity (Wildman–Crippen MR) is 74.5 cm³/mol. The van der Waals surface area contributed by atoms with Crippen molar-refractivity contribution in [3.8, 4) is 11.5 Å². The van der Waals surface area contributed by atoms with Crippen molar-refractivity contribution in [3.63, 3.8) is 0 Å². The lowest BCUT2D eigenvalue weighted by Gasteiger charge is -2.10. The number of hydrogen-bond acceptors (Lipinski definition) is 4. The molecule has 2 rings (SSSR count). The Bertz CT molecular complexity index is 514. The molecule has 0 saturated carbocycles. The molecule has 0 bridgehead atoms. The molecule has 5 heteroatoms. The Morgan fingerprint density at radius 2 is 2.22 bits per heavy atom. The SMILES string of the molecule is COc1cc(Cl)cc(CNCc2ccsc2)c1O. The van der Waals surface area contributed by atoms with Crippen LogP contribution in [0.1, 0.15) is 11.1 Å². The van der Waals surface area contributed by atoms with Gasteiger partial charge in [0.2, 0.25) is 0 Å². The van der Waals surface area contributed by atoms with Crippen LogP contribution in [-0.4, -0.2) is 12.2 Å². The van der Waals surface area contributed by atoms with Crippen LogP contribution in [0, 0.1) is 0 Å². The monoisotopic (exact) mass is 283 g/mol. The second-order valence-corrected chi connectivity index (χ2v) is 5.07.